The molecule has 0 radical (unpaired) electrons. The molecular weight excluding hydrogens is 252 g/mol. The summed E-state index contributed by atoms with van der Waals surface area (Å²) in [7, 11) is 0. The molecule has 2 N–H and O–H groups in total. The summed E-state index contributed by atoms with van der Waals surface area (Å²) in [6.45, 7) is 10.1. The summed E-state index contributed by atoms with van der Waals surface area (Å²) < 4.78 is 1.81. The van der Waals surface area contributed by atoms with Crippen LogP contribution in [0.15, 0.2) is 0 Å². The summed E-state index contributed by atoms with van der Waals surface area (Å²) >= 11 is 0. The topological polar surface area (TPSA) is 59.0 Å². The highest BCUT2D eigenvalue weighted by Gasteiger charge is 2.22. The number of amides is 1. The quantitative estimate of drug-likeness (QED) is 0.795. The first kappa shape index (κ1) is 15.0. The third-order valence-corrected chi connectivity index (χ3v) is 3.68. The Hall–Kier alpha value is -1.36. The number of carbonyl (C=O) groups excluding carboxylic acids is 1. The van der Waals surface area contributed by atoms with Crippen LogP contribution in [-0.2, 0) is 17.9 Å². The number of hydrogen-bond acceptors (Lipinski definition) is 3. The molecule has 1 aliphatic carbocycles. The number of aryl methyl sites for hydroxylation is 1. The van der Waals surface area contributed by atoms with Gasteiger partial charge in [-0.1, -0.05) is 13.8 Å². The molecule has 0 saturated heterocycles. The van der Waals surface area contributed by atoms with Gasteiger partial charge in [-0.05, 0) is 32.6 Å². The molecule has 1 heterocycles. The molecule has 1 aromatic rings. The van der Waals surface area contributed by atoms with Gasteiger partial charge < -0.3 is 10.6 Å². The molecule has 1 fully saturated rings. The van der Waals surface area contributed by atoms with Crippen molar-refractivity contribution in [3.05, 3.63) is 17.0 Å². The molecule has 0 spiro atoms. The third kappa shape index (κ3) is 4.07. The molecular formula is C15H26N4O. The zero-order valence-electron chi connectivity index (χ0n) is 13.0. The van der Waals surface area contributed by atoms with Crippen LogP contribution in [0, 0.1) is 19.8 Å². The van der Waals surface area contributed by atoms with Crippen LogP contribution >= 0.6 is 0 Å². The van der Waals surface area contributed by atoms with Crippen LogP contribution in [0.4, 0.5) is 0 Å². The summed E-state index contributed by atoms with van der Waals surface area (Å²) in [5, 5.41) is 10.9. The summed E-state index contributed by atoms with van der Waals surface area (Å²) in [4.78, 5) is 11.9. The van der Waals surface area contributed by atoms with Crippen LogP contribution in [0.2, 0.25) is 0 Å². The minimum atomic E-state index is 0.0333. The second-order valence-electron chi connectivity index (χ2n) is 6.16. The highest BCUT2D eigenvalue weighted by atomic mass is 16.2. The van der Waals surface area contributed by atoms with E-state index in [0.29, 0.717) is 25.0 Å². The zero-order chi connectivity index (χ0) is 14.7. The first-order valence-corrected chi connectivity index (χ1v) is 7.50. The number of nitrogens with zero attached hydrogens (tertiary/aromatic N) is 2. The number of rotatable bonds is 7. The summed E-state index contributed by atoms with van der Waals surface area (Å²) in [6.07, 6.45) is 2.56. The van der Waals surface area contributed by atoms with Gasteiger partial charge in [-0.3, -0.25) is 9.48 Å². The summed E-state index contributed by atoms with van der Waals surface area (Å²) in [5.74, 6) is 0.503. The lowest BCUT2D eigenvalue weighted by Crippen LogP contribution is -2.31. The molecule has 0 bridgehead atoms. The molecule has 5 nitrogen and oxygen atoms in total. The molecule has 1 aliphatic rings. The predicted octanol–water partition coefficient (Wildman–Crippen LogP) is 1.52. The fourth-order valence-corrected chi connectivity index (χ4v) is 2.19. The first-order valence-electron chi connectivity index (χ1n) is 7.50. The molecule has 20 heavy (non-hydrogen) atoms. The van der Waals surface area contributed by atoms with Gasteiger partial charge in [-0.15, -0.1) is 0 Å². The zero-order valence-corrected chi connectivity index (χ0v) is 13.0. The normalized spacial score (nSPS) is 14.8. The fourth-order valence-electron chi connectivity index (χ4n) is 2.19. The SMILES string of the molecule is Cc1nn(CC(=O)NCC(C)C)c(C)c1CNC1CC1. The van der Waals surface area contributed by atoms with Gasteiger partial charge in [0.05, 0.1) is 5.69 Å². The van der Waals surface area contributed by atoms with Gasteiger partial charge in [0.2, 0.25) is 5.91 Å². The van der Waals surface area contributed by atoms with E-state index in [9.17, 15) is 4.79 Å². The minimum absolute atomic E-state index is 0.0333. The van der Waals surface area contributed by atoms with Crippen molar-refractivity contribution in [3.8, 4) is 0 Å². The lowest BCUT2D eigenvalue weighted by Gasteiger charge is -2.09. The molecule has 0 aromatic carbocycles. The second-order valence-corrected chi connectivity index (χ2v) is 6.16. The first-order chi connectivity index (χ1) is 9.47. The molecule has 1 amide bonds. The van der Waals surface area contributed by atoms with Gasteiger partial charge in [0.25, 0.3) is 0 Å². The lowest BCUT2D eigenvalue weighted by atomic mass is 10.2. The Kier molecular flexibility index (Phi) is 4.81. The number of hydrogen-bond donors (Lipinski definition) is 2. The van der Waals surface area contributed by atoms with E-state index in [1.54, 1.807) is 0 Å². The fraction of sp³-hybridized carbons (Fsp3) is 0.733. The smallest absolute Gasteiger partial charge is 0.241 e. The Morgan fingerprint density at radius 1 is 1.40 bits per heavy atom. The van der Waals surface area contributed by atoms with Crippen molar-refractivity contribution in [1.29, 1.82) is 0 Å². The van der Waals surface area contributed by atoms with Crippen molar-refractivity contribution in [2.45, 2.75) is 59.7 Å². The standard InChI is InChI=1S/C15H26N4O/c1-10(2)7-17-15(20)9-19-12(4)14(11(3)18-19)8-16-13-5-6-13/h10,13,16H,5-9H2,1-4H3,(H,17,20). The maximum atomic E-state index is 11.9. The third-order valence-electron chi connectivity index (χ3n) is 3.68. The van der Waals surface area contributed by atoms with E-state index in [4.69, 9.17) is 0 Å². The van der Waals surface area contributed by atoms with Crippen LogP contribution < -0.4 is 10.6 Å². The van der Waals surface area contributed by atoms with Gasteiger partial charge in [0.1, 0.15) is 6.54 Å². The predicted molar refractivity (Wildman–Crippen MR) is 79.4 cm³/mol. The van der Waals surface area contributed by atoms with Crippen LogP contribution in [0.3, 0.4) is 0 Å². The van der Waals surface area contributed by atoms with E-state index in [-0.39, 0.29) is 5.91 Å². The van der Waals surface area contributed by atoms with Crippen LogP contribution in [0.1, 0.15) is 43.6 Å². The maximum Gasteiger partial charge on any atom is 0.241 e. The van der Waals surface area contributed by atoms with Crippen LogP contribution in [0.5, 0.6) is 0 Å². The van der Waals surface area contributed by atoms with Crippen molar-refractivity contribution in [2.75, 3.05) is 6.54 Å². The second kappa shape index (κ2) is 6.39. The van der Waals surface area contributed by atoms with Gasteiger partial charge in [-0.25, -0.2) is 0 Å². The van der Waals surface area contributed by atoms with Crippen molar-refractivity contribution in [1.82, 2.24) is 20.4 Å². The largest absolute Gasteiger partial charge is 0.354 e. The van der Waals surface area contributed by atoms with Gasteiger partial charge in [0.15, 0.2) is 0 Å². The van der Waals surface area contributed by atoms with Crippen molar-refractivity contribution >= 4 is 5.91 Å². The van der Waals surface area contributed by atoms with E-state index in [2.05, 4.69) is 29.6 Å². The van der Waals surface area contributed by atoms with Gasteiger partial charge in [-0.2, -0.15) is 5.10 Å². The van der Waals surface area contributed by atoms with Crippen LogP contribution in [-0.4, -0.2) is 28.3 Å². The maximum absolute atomic E-state index is 11.9. The van der Waals surface area contributed by atoms with E-state index >= 15 is 0 Å². The molecule has 5 heteroatoms. The number of nitrogens with one attached hydrogen (secondary N) is 2. The Labute approximate surface area is 121 Å². The summed E-state index contributed by atoms with van der Waals surface area (Å²) in [5.41, 5.74) is 3.34. The lowest BCUT2D eigenvalue weighted by molar-refractivity contribution is -0.122. The summed E-state index contributed by atoms with van der Waals surface area (Å²) in [6, 6.07) is 0.687. The van der Waals surface area contributed by atoms with Crippen molar-refractivity contribution < 1.29 is 4.79 Å². The van der Waals surface area contributed by atoms with Gasteiger partial charge in [0, 0.05) is 30.4 Å². The van der Waals surface area contributed by atoms with E-state index in [0.717, 1.165) is 17.9 Å². The molecule has 0 unspecified atom stereocenters. The van der Waals surface area contributed by atoms with E-state index in [1.807, 2.05) is 18.5 Å². The molecule has 0 aliphatic heterocycles. The highest BCUT2D eigenvalue weighted by Crippen LogP contribution is 2.20. The Morgan fingerprint density at radius 3 is 2.70 bits per heavy atom. The molecule has 1 aromatic heterocycles. The average Bonchev–Trinajstić information content (AvgIpc) is 3.15. The average molecular weight is 278 g/mol. The monoisotopic (exact) mass is 278 g/mol. The number of carbonyl (C=O) groups is 1. The highest BCUT2D eigenvalue weighted by molar-refractivity contribution is 5.75. The van der Waals surface area contributed by atoms with Crippen molar-refractivity contribution in [3.63, 3.8) is 0 Å². The minimum Gasteiger partial charge on any atom is -0.354 e. The van der Waals surface area contributed by atoms with E-state index < -0.39 is 0 Å². The molecule has 112 valence electrons. The van der Waals surface area contributed by atoms with Gasteiger partial charge >= 0.3 is 0 Å². The molecule has 2 rings (SSSR count). The van der Waals surface area contributed by atoms with Crippen LogP contribution in [0.25, 0.3) is 0 Å². The van der Waals surface area contributed by atoms with Crippen molar-refractivity contribution in [2.24, 2.45) is 5.92 Å². The Balaban J connectivity index is 1.93. The number of aromatic nitrogens is 2. The molecule has 0 atom stereocenters. The molecule has 1 saturated carbocycles. The Bertz CT molecular complexity index is 474. The van der Waals surface area contributed by atoms with E-state index in [1.165, 1.54) is 18.4 Å². The Morgan fingerprint density at radius 2 is 2.10 bits per heavy atom.